The van der Waals surface area contributed by atoms with Gasteiger partial charge >= 0.3 is 5.97 Å². The molecule has 1 saturated heterocycles. The minimum Gasteiger partial charge on any atom is -0.477 e. The third-order valence-electron chi connectivity index (χ3n) is 4.23. The van der Waals surface area contributed by atoms with Crippen LogP contribution in [0.25, 0.3) is 0 Å². The molecule has 3 rings (SSSR count). The van der Waals surface area contributed by atoms with E-state index in [0.29, 0.717) is 24.3 Å². The van der Waals surface area contributed by atoms with Crippen LogP contribution in [0.2, 0.25) is 0 Å². The molecule has 1 aliphatic rings. The van der Waals surface area contributed by atoms with Crippen molar-refractivity contribution in [3.05, 3.63) is 40.7 Å². The van der Waals surface area contributed by atoms with E-state index >= 15 is 0 Å². The summed E-state index contributed by atoms with van der Waals surface area (Å²) in [5.74, 6) is -0.468. The minimum atomic E-state index is -3.77. The number of nitrogens with zero attached hydrogens (tertiary/aromatic N) is 1. The molecule has 0 bridgehead atoms. The number of carboxylic acids is 1. The molecule has 130 valence electrons. The molecule has 0 saturated carbocycles. The first kappa shape index (κ1) is 17.2. The number of carbonyl (C=O) groups is 1. The predicted molar refractivity (Wildman–Crippen MR) is 89.8 cm³/mol. The van der Waals surface area contributed by atoms with Crippen LogP contribution in [0, 0.1) is 6.92 Å². The monoisotopic (exact) mass is 369 g/mol. The Morgan fingerprint density at radius 2 is 2.17 bits per heavy atom. The van der Waals surface area contributed by atoms with Crippen LogP contribution in [-0.2, 0) is 10.0 Å². The number of hydrogen-bond donors (Lipinski definition) is 1. The maximum atomic E-state index is 13.1. The summed E-state index contributed by atoms with van der Waals surface area (Å²) < 4.78 is 33.3. The first-order valence-corrected chi connectivity index (χ1v) is 10.1. The van der Waals surface area contributed by atoms with Gasteiger partial charge in [0.25, 0.3) is 10.0 Å². The van der Waals surface area contributed by atoms with E-state index in [2.05, 4.69) is 0 Å². The van der Waals surface area contributed by atoms with E-state index in [0.717, 1.165) is 30.6 Å². The molecule has 1 N–H and O–H groups in total. The molecule has 0 radical (unpaired) electrons. The lowest BCUT2D eigenvalue weighted by Gasteiger charge is -2.27. The van der Waals surface area contributed by atoms with Gasteiger partial charge in [0, 0.05) is 6.54 Å². The fraction of sp³-hybridized carbons (Fsp3) is 0.438. The summed E-state index contributed by atoms with van der Waals surface area (Å²) in [7, 11) is -3.77. The topological polar surface area (TPSA) is 87.8 Å². The molecule has 0 amide bonds. The molecular weight excluding hydrogens is 350 g/mol. The lowest BCUT2D eigenvalue weighted by Crippen LogP contribution is -2.34. The van der Waals surface area contributed by atoms with Crippen LogP contribution in [-0.4, -0.2) is 30.3 Å². The molecule has 1 aliphatic heterocycles. The molecule has 3 heterocycles. The SMILES string of the molecule is Cc1cc(S(=O)(=O)N2CCCCCC2c2ccco2)sc1C(=O)O. The second kappa shape index (κ2) is 6.70. The first-order chi connectivity index (χ1) is 11.4. The van der Waals surface area contributed by atoms with E-state index in [1.54, 1.807) is 25.3 Å². The van der Waals surface area contributed by atoms with Gasteiger partial charge in [0.2, 0.25) is 0 Å². The number of hydrogen-bond acceptors (Lipinski definition) is 5. The molecule has 2 aromatic rings. The second-order valence-electron chi connectivity index (χ2n) is 5.88. The van der Waals surface area contributed by atoms with Crippen molar-refractivity contribution in [3.8, 4) is 0 Å². The Morgan fingerprint density at radius 3 is 2.79 bits per heavy atom. The lowest BCUT2D eigenvalue weighted by atomic mass is 10.1. The van der Waals surface area contributed by atoms with E-state index in [9.17, 15) is 18.3 Å². The van der Waals surface area contributed by atoms with Gasteiger partial charge in [-0.05, 0) is 43.5 Å². The van der Waals surface area contributed by atoms with Crippen molar-refractivity contribution in [2.75, 3.05) is 6.54 Å². The number of furan rings is 1. The van der Waals surface area contributed by atoms with Gasteiger partial charge in [-0.2, -0.15) is 4.31 Å². The van der Waals surface area contributed by atoms with Gasteiger partial charge in [0.15, 0.2) is 0 Å². The summed E-state index contributed by atoms with van der Waals surface area (Å²) in [4.78, 5) is 11.3. The summed E-state index contributed by atoms with van der Waals surface area (Å²) >= 11 is 0.815. The van der Waals surface area contributed by atoms with Gasteiger partial charge in [-0.3, -0.25) is 0 Å². The van der Waals surface area contributed by atoms with Gasteiger partial charge in [0.1, 0.15) is 14.8 Å². The maximum absolute atomic E-state index is 13.1. The van der Waals surface area contributed by atoms with E-state index in [1.807, 2.05) is 0 Å². The van der Waals surface area contributed by atoms with Crippen molar-refractivity contribution >= 4 is 27.3 Å². The molecule has 0 aliphatic carbocycles. The molecule has 0 spiro atoms. The summed E-state index contributed by atoms with van der Waals surface area (Å²) in [6.45, 7) is 2.03. The third-order valence-corrected chi connectivity index (χ3v) is 7.81. The van der Waals surface area contributed by atoms with E-state index < -0.39 is 16.0 Å². The molecular formula is C16H19NO5S2. The van der Waals surface area contributed by atoms with Crippen molar-refractivity contribution in [1.29, 1.82) is 0 Å². The Hall–Kier alpha value is -1.64. The Kier molecular flexibility index (Phi) is 4.80. The molecule has 1 unspecified atom stereocenters. The smallest absolute Gasteiger partial charge is 0.346 e. The van der Waals surface area contributed by atoms with Gasteiger partial charge in [0.05, 0.1) is 12.3 Å². The van der Waals surface area contributed by atoms with E-state index in [1.165, 1.54) is 10.4 Å². The second-order valence-corrected chi connectivity index (χ2v) is 9.05. The average molecular weight is 369 g/mol. The minimum absolute atomic E-state index is 0.0675. The molecule has 2 aromatic heterocycles. The molecule has 1 fully saturated rings. The highest BCUT2D eigenvalue weighted by atomic mass is 32.2. The van der Waals surface area contributed by atoms with E-state index in [4.69, 9.17) is 4.42 Å². The number of sulfonamides is 1. The van der Waals surface area contributed by atoms with Gasteiger partial charge in [-0.15, -0.1) is 11.3 Å². The van der Waals surface area contributed by atoms with Crippen LogP contribution >= 0.6 is 11.3 Å². The highest BCUT2D eigenvalue weighted by Gasteiger charge is 2.36. The molecule has 6 nitrogen and oxygen atoms in total. The van der Waals surface area contributed by atoms with Gasteiger partial charge < -0.3 is 9.52 Å². The summed E-state index contributed by atoms with van der Waals surface area (Å²) in [6, 6.07) is 4.65. The van der Waals surface area contributed by atoms with Crippen molar-refractivity contribution in [3.63, 3.8) is 0 Å². The lowest BCUT2D eigenvalue weighted by molar-refractivity contribution is 0.0701. The summed E-state index contributed by atoms with van der Waals surface area (Å²) in [6.07, 6.45) is 4.92. The van der Waals surface area contributed by atoms with Crippen LogP contribution in [0.5, 0.6) is 0 Å². The van der Waals surface area contributed by atoms with Crippen molar-refractivity contribution in [2.24, 2.45) is 0 Å². The first-order valence-electron chi connectivity index (χ1n) is 7.80. The normalized spacial score (nSPS) is 20.0. The Labute approximate surface area is 144 Å². The number of thiophene rings is 1. The van der Waals surface area contributed by atoms with Crippen molar-refractivity contribution in [2.45, 2.75) is 42.9 Å². The Balaban J connectivity index is 2.02. The van der Waals surface area contributed by atoms with Crippen molar-refractivity contribution in [1.82, 2.24) is 4.31 Å². The van der Waals surface area contributed by atoms with Gasteiger partial charge in [-0.25, -0.2) is 13.2 Å². The zero-order valence-corrected chi connectivity index (χ0v) is 14.9. The highest BCUT2D eigenvalue weighted by Crippen LogP contribution is 2.37. The van der Waals surface area contributed by atoms with E-state index in [-0.39, 0.29) is 15.1 Å². The Morgan fingerprint density at radius 1 is 1.38 bits per heavy atom. The summed E-state index contributed by atoms with van der Waals surface area (Å²) in [5, 5.41) is 9.19. The zero-order chi connectivity index (χ0) is 17.3. The van der Waals surface area contributed by atoms with Crippen LogP contribution in [0.4, 0.5) is 0 Å². The predicted octanol–water partition coefficient (Wildman–Crippen LogP) is 3.65. The Bertz CT molecular complexity index is 823. The maximum Gasteiger partial charge on any atom is 0.346 e. The number of carboxylic acid groups (broad SMARTS) is 1. The third kappa shape index (κ3) is 3.13. The number of rotatable bonds is 4. The number of aromatic carboxylic acids is 1. The van der Waals surface area contributed by atoms with Crippen LogP contribution < -0.4 is 0 Å². The largest absolute Gasteiger partial charge is 0.477 e. The van der Waals surface area contributed by atoms with Crippen molar-refractivity contribution < 1.29 is 22.7 Å². The zero-order valence-electron chi connectivity index (χ0n) is 13.3. The fourth-order valence-corrected chi connectivity index (χ4v) is 6.22. The van der Waals surface area contributed by atoms with Crippen LogP contribution in [0.1, 0.15) is 52.7 Å². The molecule has 24 heavy (non-hydrogen) atoms. The average Bonchev–Trinajstić information content (AvgIpc) is 3.11. The molecule has 1 atom stereocenters. The standard InChI is InChI=1S/C16H19NO5S2/c1-11-10-14(23-15(11)16(18)19)24(20,21)17-8-4-2-3-6-12(17)13-7-5-9-22-13/h5,7,9-10,12H,2-4,6,8H2,1H3,(H,18,19). The quantitative estimate of drug-likeness (QED) is 0.889. The fourth-order valence-electron chi connectivity index (χ4n) is 3.04. The van der Waals surface area contributed by atoms with Crippen LogP contribution in [0.15, 0.2) is 33.1 Å². The molecule has 8 heteroatoms. The van der Waals surface area contributed by atoms with Gasteiger partial charge in [-0.1, -0.05) is 12.8 Å². The molecule has 0 aromatic carbocycles. The summed E-state index contributed by atoms with van der Waals surface area (Å²) in [5.41, 5.74) is 0.468. The van der Waals surface area contributed by atoms with Crippen LogP contribution in [0.3, 0.4) is 0 Å². The highest BCUT2D eigenvalue weighted by molar-refractivity contribution is 7.91. The number of aryl methyl sites for hydroxylation is 1.